The molecule has 111 valence electrons. The summed E-state index contributed by atoms with van der Waals surface area (Å²) < 4.78 is 0. The van der Waals surface area contributed by atoms with Gasteiger partial charge in [0.05, 0.1) is 0 Å². The SMILES string of the molecule is [Cl][Ru]([Cl])[Cl].c1ccc(NCCNc2ccccc2)cc1. The summed E-state index contributed by atoms with van der Waals surface area (Å²) in [6.45, 7) is 1.83. The third kappa shape index (κ3) is 9.44. The monoisotopic (exact) mass is 419 g/mol. The van der Waals surface area contributed by atoms with Crippen LogP contribution in [0.3, 0.4) is 0 Å². The fraction of sp³-hybridized carbons (Fsp3) is 0.143. The van der Waals surface area contributed by atoms with Crippen LogP contribution in [0.4, 0.5) is 11.4 Å². The standard InChI is InChI=1S/C14H16N2.3ClH.Ru/c1-3-7-13(8-4-1)15-11-12-16-14-9-5-2-6-10-14;;;;/h1-10,15-16H,11-12H2;3*1H;/q;;;;+3/p-3. The number of halogens is 3. The topological polar surface area (TPSA) is 24.1 Å². The third-order valence-electron chi connectivity index (χ3n) is 2.33. The summed E-state index contributed by atoms with van der Waals surface area (Å²) in [7, 11) is 14.8. The summed E-state index contributed by atoms with van der Waals surface area (Å²) in [5, 5.41) is 6.70. The first-order valence-corrected chi connectivity index (χ1v) is 12.6. The molecule has 6 heteroatoms. The van der Waals surface area contributed by atoms with Crippen LogP contribution >= 0.6 is 29.1 Å². The maximum absolute atomic E-state index is 4.95. The van der Waals surface area contributed by atoms with Crippen LogP contribution in [0.2, 0.25) is 0 Å². The van der Waals surface area contributed by atoms with E-state index in [9.17, 15) is 0 Å². The first kappa shape index (κ1) is 17.6. The normalized spacial score (nSPS) is 10.1. The molecule has 2 aromatic carbocycles. The van der Waals surface area contributed by atoms with Crippen molar-refractivity contribution in [2.45, 2.75) is 0 Å². The van der Waals surface area contributed by atoms with Gasteiger partial charge in [-0.05, 0) is 24.3 Å². The number of rotatable bonds is 5. The first-order valence-electron chi connectivity index (χ1n) is 5.93. The Morgan fingerprint density at radius 3 is 1.25 bits per heavy atom. The van der Waals surface area contributed by atoms with E-state index >= 15 is 0 Å². The van der Waals surface area contributed by atoms with E-state index in [1.54, 1.807) is 0 Å². The summed E-state index contributed by atoms with van der Waals surface area (Å²) in [5.41, 5.74) is 2.33. The molecular weight excluding hydrogens is 404 g/mol. The van der Waals surface area contributed by atoms with Crippen LogP contribution in [0.25, 0.3) is 0 Å². The van der Waals surface area contributed by atoms with Crippen LogP contribution in [0.5, 0.6) is 0 Å². The molecule has 2 N–H and O–H groups in total. The Bertz CT molecular complexity index is 410. The molecule has 0 atom stereocenters. The molecule has 0 aliphatic heterocycles. The van der Waals surface area contributed by atoms with E-state index in [1.807, 2.05) is 36.4 Å². The molecule has 2 rings (SSSR count). The number of nitrogens with one attached hydrogen (secondary N) is 2. The second-order valence-electron chi connectivity index (χ2n) is 3.74. The number of anilines is 2. The van der Waals surface area contributed by atoms with E-state index in [2.05, 4.69) is 34.9 Å². The predicted molar refractivity (Wildman–Crippen MR) is 87.4 cm³/mol. The van der Waals surface area contributed by atoms with Gasteiger partial charge in [0, 0.05) is 24.5 Å². The predicted octanol–water partition coefficient (Wildman–Crippen LogP) is 5.28. The Hall–Kier alpha value is -0.467. The molecule has 0 aromatic heterocycles. The summed E-state index contributed by atoms with van der Waals surface area (Å²) in [5.74, 6) is 0. The van der Waals surface area contributed by atoms with Crippen LogP contribution < -0.4 is 10.6 Å². The van der Waals surface area contributed by atoms with Crippen molar-refractivity contribution in [2.24, 2.45) is 0 Å². The van der Waals surface area contributed by atoms with Gasteiger partial charge in [-0.3, -0.25) is 0 Å². The first-order chi connectivity index (χ1) is 9.68. The van der Waals surface area contributed by atoms with E-state index in [4.69, 9.17) is 29.1 Å². The summed E-state index contributed by atoms with van der Waals surface area (Å²) >= 11 is -1.75. The van der Waals surface area contributed by atoms with Crippen LogP contribution in [0.15, 0.2) is 60.7 Å². The van der Waals surface area contributed by atoms with E-state index < -0.39 is 13.0 Å². The minimum absolute atomic E-state index is 0.916. The molecule has 2 aromatic rings. The van der Waals surface area contributed by atoms with Crippen molar-refractivity contribution in [3.8, 4) is 0 Å². The molecule has 0 unspecified atom stereocenters. The van der Waals surface area contributed by atoms with Crippen molar-refractivity contribution in [3.63, 3.8) is 0 Å². The Labute approximate surface area is 137 Å². The van der Waals surface area contributed by atoms with Crippen molar-refractivity contribution < 1.29 is 13.0 Å². The van der Waals surface area contributed by atoms with Gasteiger partial charge in [0.25, 0.3) is 0 Å². The molecule has 0 spiro atoms. The van der Waals surface area contributed by atoms with Gasteiger partial charge in [0.2, 0.25) is 0 Å². The van der Waals surface area contributed by atoms with E-state index in [1.165, 1.54) is 0 Å². The van der Waals surface area contributed by atoms with Crippen molar-refractivity contribution in [1.82, 2.24) is 0 Å². The van der Waals surface area contributed by atoms with Crippen molar-refractivity contribution >= 4 is 40.4 Å². The van der Waals surface area contributed by atoms with Gasteiger partial charge in [-0.15, -0.1) is 0 Å². The molecule has 0 radical (unpaired) electrons. The summed E-state index contributed by atoms with van der Waals surface area (Å²) in [4.78, 5) is 0. The van der Waals surface area contributed by atoms with E-state index in [-0.39, 0.29) is 0 Å². The Balaban J connectivity index is 0.000000444. The maximum atomic E-state index is 4.95. The maximum Gasteiger partial charge on any atom is 0.0340 e. The quantitative estimate of drug-likeness (QED) is 0.509. The molecule has 0 aliphatic rings. The zero-order valence-corrected chi connectivity index (χ0v) is 14.7. The molecule has 2 nitrogen and oxygen atoms in total. The van der Waals surface area contributed by atoms with Crippen LogP contribution in [-0.2, 0) is 13.0 Å². The third-order valence-corrected chi connectivity index (χ3v) is 2.33. The zero-order chi connectivity index (χ0) is 14.6. The number of hydrogen-bond donors (Lipinski definition) is 2. The Morgan fingerprint density at radius 2 is 0.950 bits per heavy atom. The van der Waals surface area contributed by atoms with Crippen LogP contribution in [-0.4, -0.2) is 13.1 Å². The van der Waals surface area contributed by atoms with E-state index in [0.29, 0.717) is 0 Å². The number of hydrogen-bond acceptors (Lipinski definition) is 2. The smallest absolute Gasteiger partial charge is 0.0340 e. The fourth-order valence-corrected chi connectivity index (χ4v) is 1.53. The molecule has 0 amide bonds. The fourth-order valence-electron chi connectivity index (χ4n) is 1.53. The molecular formula is C14H16Cl3N2Ru. The Morgan fingerprint density at radius 1 is 0.650 bits per heavy atom. The van der Waals surface area contributed by atoms with Gasteiger partial charge in [-0.25, -0.2) is 0 Å². The molecule has 20 heavy (non-hydrogen) atoms. The summed E-state index contributed by atoms with van der Waals surface area (Å²) in [6, 6.07) is 20.5. The molecule has 0 fully saturated rings. The van der Waals surface area contributed by atoms with Crippen LogP contribution in [0, 0.1) is 0 Å². The molecule has 0 saturated carbocycles. The largest absolute Gasteiger partial charge is 0.383 e. The van der Waals surface area contributed by atoms with Gasteiger partial charge in [-0.1, -0.05) is 36.4 Å². The second-order valence-corrected chi connectivity index (χ2v) is 11.7. The number of para-hydroxylation sites is 2. The van der Waals surface area contributed by atoms with Crippen LogP contribution in [0.1, 0.15) is 0 Å². The molecule has 0 saturated heterocycles. The average molecular weight is 420 g/mol. The minimum atomic E-state index is -1.75. The van der Waals surface area contributed by atoms with Crippen molar-refractivity contribution in [1.29, 1.82) is 0 Å². The zero-order valence-electron chi connectivity index (χ0n) is 10.7. The number of benzene rings is 2. The average Bonchev–Trinajstić information content (AvgIpc) is 2.45. The van der Waals surface area contributed by atoms with Crippen molar-refractivity contribution in [3.05, 3.63) is 60.7 Å². The molecule has 0 heterocycles. The second kappa shape index (κ2) is 11.2. The Kier molecular flexibility index (Phi) is 9.87. The minimum Gasteiger partial charge on any atom is -0.383 e. The van der Waals surface area contributed by atoms with Gasteiger partial charge in [0.1, 0.15) is 0 Å². The van der Waals surface area contributed by atoms with Gasteiger partial charge < -0.3 is 10.6 Å². The van der Waals surface area contributed by atoms with Crippen molar-refractivity contribution in [2.75, 3.05) is 23.7 Å². The molecule has 0 aliphatic carbocycles. The summed E-state index contributed by atoms with van der Waals surface area (Å²) in [6.07, 6.45) is 0. The van der Waals surface area contributed by atoms with Gasteiger partial charge in [-0.2, -0.15) is 0 Å². The van der Waals surface area contributed by atoms with Gasteiger partial charge >= 0.3 is 42.1 Å². The molecule has 0 bridgehead atoms. The van der Waals surface area contributed by atoms with Gasteiger partial charge in [0.15, 0.2) is 0 Å². The van der Waals surface area contributed by atoms with E-state index in [0.717, 1.165) is 24.5 Å².